The molecule has 0 aliphatic rings. The third kappa shape index (κ3) is 7.04. The fourth-order valence-corrected chi connectivity index (χ4v) is 5.41. The minimum absolute atomic E-state index is 0.0800. The highest BCUT2D eigenvalue weighted by atomic mass is 32.2. The average molecular weight is 658 g/mol. The van der Waals surface area contributed by atoms with Gasteiger partial charge in [0.1, 0.15) is 0 Å². The van der Waals surface area contributed by atoms with Crippen LogP contribution in [0.2, 0.25) is 0 Å². The monoisotopic (exact) mass is 658 g/mol. The van der Waals surface area contributed by atoms with Crippen LogP contribution in [0, 0.1) is 0 Å². The van der Waals surface area contributed by atoms with Crippen molar-refractivity contribution >= 4 is 19.4 Å². The average Bonchev–Trinajstić information content (AvgIpc) is 2.74. The first-order valence-corrected chi connectivity index (χ1v) is 13.1. The summed E-state index contributed by atoms with van der Waals surface area (Å²) in [5, 5.41) is 0. The highest BCUT2D eigenvalue weighted by Gasteiger charge is 2.95. The van der Waals surface area contributed by atoms with Crippen molar-refractivity contribution in [3.8, 4) is 0 Å². The van der Waals surface area contributed by atoms with Crippen LogP contribution in [-0.2, 0) is 13.6 Å². The summed E-state index contributed by atoms with van der Waals surface area (Å²) in [5.41, 5.74) is 0. The topological polar surface area (TPSA) is 35.5 Å². The van der Waals surface area contributed by atoms with Gasteiger partial charge in [0.2, 0.25) is 0 Å². The zero-order valence-electron chi connectivity index (χ0n) is 19.5. The van der Waals surface area contributed by atoms with E-state index in [9.17, 15) is 79.2 Å². The minimum Gasteiger partial charge on any atom is -0.309 e. The van der Waals surface area contributed by atoms with Gasteiger partial charge in [0.05, 0.1) is 19.4 Å². The van der Waals surface area contributed by atoms with Crippen LogP contribution in [-0.4, -0.2) is 78.5 Å². The molecule has 0 aliphatic heterocycles. The van der Waals surface area contributed by atoms with Gasteiger partial charge in [-0.25, -0.2) is 0 Å². The molecule has 0 saturated carbocycles. The highest BCUT2D eigenvalue weighted by molar-refractivity contribution is 7.99. The van der Waals surface area contributed by atoms with Crippen LogP contribution >= 0.6 is 19.4 Å². The van der Waals surface area contributed by atoms with Gasteiger partial charge < -0.3 is 9.05 Å². The normalized spacial score (nSPS) is 15.7. The van der Waals surface area contributed by atoms with Crippen LogP contribution in [0.5, 0.6) is 0 Å². The first-order valence-electron chi connectivity index (χ1n) is 10.2. The van der Waals surface area contributed by atoms with Gasteiger partial charge >= 0.3 is 55.2 Å². The summed E-state index contributed by atoms with van der Waals surface area (Å²) in [5.74, 6) is -57.9. The number of halogens is 17. The van der Waals surface area contributed by atoms with Crippen molar-refractivity contribution in [3.63, 3.8) is 0 Å². The summed E-state index contributed by atoms with van der Waals surface area (Å²) >= 11 is 0.237. The lowest BCUT2D eigenvalue weighted by Gasteiger charge is -2.42. The van der Waals surface area contributed by atoms with E-state index >= 15 is 0 Å². The summed E-state index contributed by atoms with van der Waals surface area (Å²) in [7, 11) is -3.64. The standard InChI is InChI=1S/C17H20F17O3PS/c1-3-36-38(35,37-4-2)7-5-8-39-9-6-10(18,19)11(20,21)12(22,23)13(24,25)14(26,27)15(28,29)16(30,31)17(32,33)34/h3-9H2,1-2H3. The maximum absolute atomic E-state index is 13.8. The van der Waals surface area contributed by atoms with Gasteiger partial charge in [-0.15, -0.1) is 0 Å². The van der Waals surface area contributed by atoms with E-state index in [1.165, 1.54) is 13.8 Å². The van der Waals surface area contributed by atoms with Crippen molar-refractivity contribution < 1.29 is 88.2 Å². The molecule has 0 radical (unpaired) electrons. The van der Waals surface area contributed by atoms with E-state index in [2.05, 4.69) is 0 Å². The van der Waals surface area contributed by atoms with E-state index in [-0.39, 0.29) is 43.3 Å². The van der Waals surface area contributed by atoms with Gasteiger partial charge in [-0.3, -0.25) is 4.57 Å². The van der Waals surface area contributed by atoms with Gasteiger partial charge in [0.25, 0.3) is 0 Å². The molecule has 0 aromatic heterocycles. The lowest BCUT2D eigenvalue weighted by atomic mass is 9.88. The third-order valence-electron chi connectivity index (χ3n) is 4.72. The van der Waals surface area contributed by atoms with Crippen LogP contribution < -0.4 is 0 Å². The summed E-state index contributed by atoms with van der Waals surface area (Å²) in [6.45, 7) is 2.70. The molecule has 0 unspecified atom stereocenters. The van der Waals surface area contributed by atoms with Crippen molar-refractivity contribution in [2.24, 2.45) is 0 Å². The Balaban J connectivity index is 5.77. The molecule has 3 nitrogen and oxygen atoms in total. The molecule has 0 N–H and O–H groups in total. The second kappa shape index (κ2) is 12.3. The van der Waals surface area contributed by atoms with Crippen molar-refractivity contribution in [3.05, 3.63) is 0 Å². The molecule has 0 atom stereocenters. The molecule has 0 aromatic carbocycles. The Bertz CT molecular complexity index is 837. The van der Waals surface area contributed by atoms with E-state index in [4.69, 9.17) is 9.05 Å². The van der Waals surface area contributed by atoms with Crippen molar-refractivity contribution in [1.29, 1.82) is 0 Å². The smallest absolute Gasteiger partial charge is 0.309 e. The summed E-state index contributed by atoms with van der Waals surface area (Å²) in [4.78, 5) is 0. The molecule has 0 aliphatic carbocycles. The van der Waals surface area contributed by atoms with Gasteiger partial charge in [-0.05, 0) is 31.8 Å². The predicted octanol–water partition coefficient (Wildman–Crippen LogP) is 8.78. The molecule has 0 amide bonds. The molecule has 236 valence electrons. The number of rotatable bonds is 17. The zero-order valence-corrected chi connectivity index (χ0v) is 21.2. The van der Waals surface area contributed by atoms with E-state index < -0.39 is 67.4 Å². The van der Waals surface area contributed by atoms with E-state index in [1.54, 1.807) is 0 Å². The second-order valence-electron chi connectivity index (χ2n) is 7.53. The van der Waals surface area contributed by atoms with Crippen LogP contribution in [0.4, 0.5) is 74.6 Å². The van der Waals surface area contributed by atoms with Crippen LogP contribution in [0.3, 0.4) is 0 Å². The lowest BCUT2D eigenvalue weighted by molar-refractivity contribution is -0.461. The van der Waals surface area contributed by atoms with E-state index in [0.717, 1.165) is 0 Å². The SMILES string of the molecule is CCOP(=O)(CCCSCCC(F)(F)C(F)(F)C(F)(F)C(F)(F)C(F)(F)C(F)(F)C(F)(F)C(F)(F)F)OCC. The molecule has 0 bridgehead atoms. The van der Waals surface area contributed by atoms with Gasteiger partial charge in [0.15, 0.2) is 0 Å². The maximum Gasteiger partial charge on any atom is 0.460 e. The maximum atomic E-state index is 13.8. The van der Waals surface area contributed by atoms with Crippen molar-refractivity contribution in [2.75, 3.05) is 30.9 Å². The molecule has 0 saturated heterocycles. The Hall–Kier alpha value is -0.690. The number of thioether (sulfide) groups is 1. The van der Waals surface area contributed by atoms with Crippen LogP contribution in [0.25, 0.3) is 0 Å². The highest BCUT2D eigenvalue weighted by Crippen LogP contribution is 2.64. The Morgan fingerprint density at radius 3 is 1.28 bits per heavy atom. The molecule has 0 aromatic rings. The fourth-order valence-electron chi connectivity index (χ4n) is 2.58. The summed E-state index contributed by atoms with van der Waals surface area (Å²) in [6.07, 6.45) is -10.8. The van der Waals surface area contributed by atoms with Gasteiger partial charge in [0, 0.05) is 6.42 Å². The Labute approximate surface area is 213 Å². The summed E-state index contributed by atoms with van der Waals surface area (Å²) < 4.78 is 247. The van der Waals surface area contributed by atoms with E-state index in [0.29, 0.717) is 0 Å². The summed E-state index contributed by atoms with van der Waals surface area (Å²) in [6, 6.07) is 0. The van der Waals surface area contributed by atoms with Gasteiger partial charge in [-0.2, -0.15) is 86.4 Å². The zero-order chi connectivity index (χ0) is 31.6. The molecule has 0 fully saturated rings. The molecular weight excluding hydrogens is 638 g/mol. The molecular formula is C17H20F17O3PS. The molecule has 0 spiro atoms. The molecule has 0 heterocycles. The first kappa shape index (κ1) is 38.3. The largest absolute Gasteiger partial charge is 0.460 e. The number of hydrogen-bond donors (Lipinski definition) is 0. The lowest BCUT2D eigenvalue weighted by Crippen LogP contribution is -2.74. The van der Waals surface area contributed by atoms with Gasteiger partial charge in [-0.1, -0.05) is 0 Å². The molecule has 39 heavy (non-hydrogen) atoms. The second-order valence-corrected chi connectivity index (χ2v) is 10.9. The van der Waals surface area contributed by atoms with Crippen molar-refractivity contribution in [2.45, 2.75) is 74.3 Å². The predicted molar refractivity (Wildman–Crippen MR) is 103 cm³/mol. The Kier molecular flexibility index (Phi) is 12.1. The number of alkyl halides is 17. The van der Waals surface area contributed by atoms with Crippen molar-refractivity contribution in [1.82, 2.24) is 0 Å². The Morgan fingerprint density at radius 1 is 0.564 bits per heavy atom. The van der Waals surface area contributed by atoms with Crippen LogP contribution in [0.15, 0.2) is 0 Å². The molecule has 22 heteroatoms. The minimum atomic E-state index is -8.63. The number of hydrogen-bond acceptors (Lipinski definition) is 4. The molecule has 0 rings (SSSR count). The third-order valence-corrected chi connectivity index (χ3v) is 7.96. The first-order chi connectivity index (χ1) is 17.1. The fraction of sp³-hybridized carbons (Fsp3) is 1.00. The quantitative estimate of drug-likeness (QED) is 0.0890. The van der Waals surface area contributed by atoms with E-state index in [1.807, 2.05) is 0 Å². The van der Waals surface area contributed by atoms with Crippen LogP contribution in [0.1, 0.15) is 26.7 Å². The Morgan fingerprint density at radius 2 is 0.923 bits per heavy atom.